The molecule has 0 bridgehead atoms. The van der Waals surface area contributed by atoms with Crippen LogP contribution in [0.15, 0.2) is 52.0 Å². The third kappa shape index (κ3) is 3.25. The lowest BCUT2D eigenvalue weighted by Crippen LogP contribution is -1.90. The number of aromatic nitrogens is 1. The maximum Gasteiger partial charge on any atom is 0.123 e. The fraction of sp³-hybridized carbons (Fsp3) is 0.0833. The standard InChI is InChI=1S/C12H11BrN2S/c13-10-2-4-11(5-3-10)16-8-9-1-6-12(14)15-7-9/h1-7H,8H2,(H2,14,15). The van der Waals surface area contributed by atoms with Gasteiger partial charge in [-0.25, -0.2) is 4.98 Å². The number of benzene rings is 1. The maximum atomic E-state index is 5.53. The summed E-state index contributed by atoms with van der Waals surface area (Å²) in [6.07, 6.45) is 1.82. The summed E-state index contributed by atoms with van der Waals surface area (Å²) in [6.45, 7) is 0. The molecule has 82 valence electrons. The van der Waals surface area contributed by atoms with E-state index in [0.717, 1.165) is 10.2 Å². The molecule has 0 saturated heterocycles. The molecule has 1 aromatic heterocycles. The van der Waals surface area contributed by atoms with Gasteiger partial charge in [0, 0.05) is 21.3 Å². The second kappa shape index (κ2) is 5.37. The topological polar surface area (TPSA) is 38.9 Å². The second-order valence-corrected chi connectivity index (χ2v) is 5.30. The highest BCUT2D eigenvalue weighted by Gasteiger charge is 1.97. The van der Waals surface area contributed by atoms with Crippen LogP contribution >= 0.6 is 27.7 Å². The minimum Gasteiger partial charge on any atom is -0.384 e. The minimum atomic E-state index is 0.567. The van der Waals surface area contributed by atoms with Crippen molar-refractivity contribution in [3.63, 3.8) is 0 Å². The molecule has 0 saturated carbocycles. The molecule has 0 aliphatic heterocycles. The summed E-state index contributed by atoms with van der Waals surface area (Å²) in [5.74, 6) is 1.48. The van der Waals surface area contributed by atoms with Crippen LogP contribution in [0.25, 0.3) is 0 Å². The van der Waals surface area contributed by atoms with Crippen molar-refractivity contribution in [2.45, 2.75) is 10.6 Å². The van der Waals surface area contributed by atoms with Crippen molar-refractivity contribution >= 4 is 33.5 Å². The van der Waals surface area contributed by atoms with Gasteiger partial charge >= 0.3 is 0 Å². The third-order valence-electron chi connectivity index (χ3n) is 2.07. The number of hydrogen-bond donors (Lipinski definition) is 1. The Hall–Kier alpha value is -1.00. The molecule has 0 fully saturated rings. The first-order chi connectivity index (χ1) is 7.74. The quantitative estimate of drug-likeness (QED) is 0.877. The van der Waals surface area contributed by atoms with Gasteiger partial charge in [-0.05, 0) is 35.9 Å². The van der Waals surface area contributed by atoms with E-state index in [9.17, 15) is 0 Å². The Morgan fingerprint density at radius 1 is 1.12 bits per heavy atom. The summed E-state index contributed by atoms with van der Waals surface area (Å²) in [6, 6.07) is 12.1. The zero-order chi connectivity index (χ0) is 11.4. The largest absolute Gasteiger partial charge is 0.384 e. The van der Waals surface area contributed by atoms with Crippen LogP contribution in [-0.4, -0.2) is 4.98 Å². The van der Waals surface area contributed by atoms with Gasteiger partial charge in [-0.15, -0.1) is 11.8 Å². The van der Waals surface area contributed by atoms with E-state index >= 15 is 0 Å². The van der Waals surface area contributed by atoms with E-state index in [1.54, 1.807) is 11.8 Å². The van der Waals surface area contributed by atoms with E-state index in [2.05, 4.69) is 33.0 Å². The number of hydrogen-bond acceptors (Lipinski definition) is 3. The van der Waals surface area contributed by atoms with E-state index < -0.39 is 0 Å². The fourth-order valence-corrected chi connectivity index (χ4v) is 2.32. The second-order valence-electron chi connectivity index (χ2n) is 3.33. The number of nitrogens with zero attached hydrogens (tertiary/aromatic N) is 1. The van der Waals surface area contributed by atoms with Gasteiger partial charge in [-0.2, -0.15) is 0 Å². The molecule has 2 aromatic rings. The van der Waals surface area contributed by atoms with E-state index in [1.165, 1.54) is 10.5 Å². The van der Waals surface area contributed by atoms with Gasteiger partial charge in [0.2, 0.25) is 0 Å². The number of anilines is 1. The van der Waals surface area contributed by atoms with Crippen molar-refractivity contribution in [2.24, 2.45) is 0 Å². The fourth-order valence-electron chi connectivity index (χ4n) is 1.22. The van der Waals surface area contributed by atoms with E-state index in [-0.39, 0.29) is 0 Å². The highest BCUT2D eigenvalue weighted by Crippen LogP contribution is 2.24. The Morgan fingerprint density at radius 2 is 1.88 bits per heavy atom. The van der Waals surface area contributed by atoms with Gasteiger partial charge in [0.1, 0.15) is 5.82 Å². The summed E-state index contributed by atoms with van der Waals surface area (Å²) in [5, 5.41) is 0. The van der Waals surface area contributed by atoms with Crippen molar-refractivity contribution in [2.75, 3.05) is 5.73 Å². The number of nitrogen functional groups attached to an aromatic ring is 1. The van der Waals surface area contributed by atoms with Gasteiger partial charge in [0.25, 0.3) is 0 Å². The van der Waals surface area contributed by atoms with Crippen LogP contribution in [0.2, 0.25) is 0 Å². The molecular weight excluding hydrogens is 284 g/mol. The molecule has 2 N–H and O–H groups in total. The number of pyridine rings is 1. The van der Waals surface area contributed by atoms with Crippen LogP contribution in [0.5, 0.6) is 0 Å². The predicted octanol–water partition coefficient (Wildman–Crippen LogP) is 3.72. The molecule has 2 rings (SSSR count). The highest BCUT2D eigenvalue weighted by molar-refractivity contribution is 9.10. The number of nitrogens with two attached hydrogens (primary N) is 1. The van der Waals surface area contributed by atoms with E-state index in [0.29, 0.717) is 5.82 Å². The Kier molecular flexibility index (Phi) is 3.85. The number of halogens is 1. The van der Waals surface area contributed by atoms with Gasteiger partial charge in [-0.1, -0.05) is 22.0 Å². The molecule has 0 unspecified atom stereocenters. The maximum absolute atomic E-state index is 5.53. The van der Waals surface area contributed by atoms with Crippen molar-refractivity contribution in [3.05, 3.63) is 52.6 Å². The molecule has 1 heterocycles. The van der Waals surface area contributed by atoms with Crippen LogP contribution < -0.4 is 5.73 Å². The molecule has 0 aliphatic rings. The number of thioether (sulfide) groups is 1. The molecule has 0 spiro atoms. The lowest BCUT2D eigenvalue weighted by Gasteiger charge is -2.02. The molecule has 0 amide bonds. The van der Waals surface area contributed by atoms with Gasteiger partial charge in [-0.3, -0.25) is 0 Å². The first-order valence-electron chi connectivity index (χ1n) is 4.83. The zero-order valence-corrected chi connectivity index (χ0v) is 11.0. The Balaban J connectivity index is 1.97. The van der Waals surface area contributed by atoms with Crippen LogP contribution in [0, 0.1) is 0 Å². The molecule has 2 nitrogen and oxygen atoms in total. The van der Waals surface area contributed by atoms with E-state index in [4.69, 9.17) is 5.73 Å². The lowest BCUT2D eigenvalue weighted by atomic mass is 10.3. The Labute approximate surface area is 107 Å². The normalized spacial score (nSPS) is 10.3. The summed E-state index contributed by atoms with van der Waals surface area (Å²) < 4.78 is 1.10. The molecule has 4 heteroatoms. The van der Waals surface area contributed by atoms with Crippen molar-refractivity contribution in [1.82, 2.24) is 4.98 Å². The third-order valence-corrected chi connectivity index (χ3v) is 3.68. The van der Waals surface area contributed by atoms with Crippen molar-refractivity contribution in [1.29, 1.82) is 0 Å². The van der Waals surface area contributed by atoms with Gasteiger partial charge < -0.3 is 5.73 Å². The average Bonchev–Trinajstić information content (AvgIpc) is 2.30. The van der Waals surface area contributed by atoms with Crippen LogP contribution in [0.3, 0.4) is 0 Å². The summed E-state index contributed by atoms with van der Waals surface area (Å²) in [5.41, 5.74) is 6.71. The van der Waals surface area contributed by atoms with Crippen molar-refractivity contribution in [3.8, 4) is 0 Å². The van der Waals surface area contributed by atoms with Crippen LogP contribution in [0.4, 0.5) is 5.82 Å². The van der Waals surface area contributed by atoms with Crippen molar-refractivity contribution < 1.29 is 0 Å². The average molecular weight is 295 g/mol. The smallest absolute Gasteiger partial charge is 0.123 e. The number of rotatable bonds is 3. The molecular formula is C12H11BrN2S. The highest BCUT2D eigenvalue weighted by atomic mass is 79.9. The monoisotopic (exact) mass is 294 g/mol. The van der Waals surface area contributed by atoms with Crippen LogP contribution in [0.1, 0.15) is 5.56 Å². The van der Waals surface area contributed by atoms with Crippen LogP contribution in [-0.2, 0) is 5.75 Å². The minimum absolute atomic E-state index is 0.567. The first kappa shape index (κ1) is 11.5. The summed E-state index contributed by atoms with van der Waals surface area (Å²) >= 11 is 5.20. The van der Waals surface area contributed by atoms with Gasteiger partial charge in [0.05, 0.1) is 0 Å². The van der Waals surface area contributed by atoms with E-state index in [1.807, 2.05) is 30.5 Å². The Bertz CT molecular complexity index is 408. The molecule has 0 atom stereocenters. The molecule has 0 radical (unpaired) electrons. The summed E-state index contributed by atoms with van der Waals surface area (Å²) in [7, 11) is 0. The lowest BCUT2D eigenvalue weighted by molar-refractivity contribution is 1.26. The molecule has 16 heavy (non-hydrogen) atoms. The summed E-state index contributed by atoms with van der Waals surface area (Å²) in [4.78, 5) is 5.31. The first-order valence-corrected chi connectivity index (χ1v) is 6.61. The molecule has 0 aliphatic carbocycles. The SMILES string of the molecule is Nc1ccc(CSc2ccc(Br)cc2)cn1. The predicted molar refractivity (Wildman–Crippen MR) is 72.4 cm³/mol. The zero-order valence-electron chi connectivity index (χ0n) is 8.56. The molecule has 1 aromatic carbocycles. The Morgan fingerprint density at radius 3 is 2.50 bits per heavy atom. The van der Waals surface area contributed by atoms with Gasteiger partial charge in [0.15, 0.2) is 0 Å².